The summed E-state index contributed by atoms with van der Waals surface area (Å²) in [5.41, 5.74) is 9.15. The molecule has 0 atom stereocenters. The van der Waals surface area contributed by atoms with Crippen LogP contribution in [0.25, 0.3) is 32.3 Å². The second kappa shape index (κ2) is 10.1. The van der Waals surface area contributed by atoms with Crippen LogP contribution in [0.15, 0.2) is 68.8 Å². The first-order valence-electron chi connectivity index (χ1n) is 11.5. The Morgan fingerprint density at radius 3 is 1.61 bits per heavy atom. The highest BCUT2D eigenvalue weighted by atomic mass is 16.5. The third-order valence-corrected chi connectivity index (χ3v) is 6.38. The fourth-order valence-corrected chi connectivity index (χ4v) is 4.46. The highest BCUT2D eigenvalue weighted by Crippen LogP contribution is 2.31. The lowest BCUT2D eigenvalue weighted by atomic mass is 9.97. The van der Waals surface area contributed by atoms with Crippen LogP contribution < -0.4 is 33.4 Å². The number of ether oxygens (including phenoxy) is 2. The highest BCUT2D eigenvalue weighted by molar-refractivity contribution is 6.20. The van der Waals surface area contributed by atoms with E-state index in [1.165, 1.54) is 12.1 Å². The zero-order chi connectivity index (χ0) is 27.7. The SMILES string of the molecule is C=CC(=O)OCC(CCn1c(=O)c2c(N)c3c(=O)c4ccccc4c(=O)c3c(N)c2c1=O)COC(=O)C=C. The average molecular weight is 517 g/mol. The van der Waals surface area contributed by atoms with Gasteiger partial charge in [-0.2, -0.15) is 0 Å². The lowest BCUT2D eigenvalue weighted by Gasteiger charge is -2.16. The topological polar surface area (TPSA) is 178 Å². The molecule has 4 aromatic rings. The Morgan fingerprint density at radius 2 is 1.21 bits per heavy atom. The Labute approximate surface area is 213 Å². The monoisotopic (exact) mass is 517 g/mol. The van der Waals surface area contributed by atoms with Crippen molar-refractivity contribution in [3.05, 3.63) is 90.7 Å². The van der Waals surface area contributed by atoms with Gasteiger partial charge >= 0.3 is 11.9 Å². The van der Waals surface area contributed by atoms with Gasteiger partial charge in [0.15, 0.2) is 10.9 Å². The summed E-state index contributed by atoms with van der Waals surface area (Å²) in [4.78, 5) is 76.1. The maximum Gasteiger partial charge on any atom is 0.330 e. The van der Waals surface area contributed by atoms with Gasteiger partial charge in [-0.05, 0) is 6.42 Å². The molecule has 0 unspecified atom stereocenters. The lowest BCUT2D eigenvalue weighted by Crippen LogP contribution is -2.29. The number of rotatable bonds is 9. The van der Waals surface area contributed by atoms with Crippen LogP contribution >= 0.6 is 0 Å². The van der Waals surface area contributed by atoms with E-state index < -0.39 is 39.8 Å². The Kier molecular flexibility index (Phi) is 6.94. The summed E-state index contributed by atoms with van der Waals surface area (Å²) in [5, 5.41) is -0.678. The predicted octanol–water partition coefficient (Wildman–Crippen LogP) is 0.893. The summed E-state index contributed by atoms with van der Waals surface area (Å²) in [7, 11) is 0. The van der Waals surface area contributed by atoms with Gasteiger partial charge < -0.3 is 20.9 Å². The van der Waals surface area contributed by atoms with Crippen LogP contribution in [0.5, 0.6) is 0 Å². The molecule has 0 amide bonds. The van der Waals surface area contributed by atoms with E-state index in [9.17, 15) is 28.8 Å². The molecular formula is C27H23N3O8. The van der Waals surface area contributed by atoms with E-state index in [0.29, 0.717) is 0 Å². The minimum absolute atomic E-state index is 0.0726. The van der Waals surface area contributed by atoms with Crippen molar-refractivity contribution in [1.82, 2.24) is 4.57 Å². The maximum absolute atomic E-state index is 13.3. The molecule has 11 heteroatoms. The average Bonchev–Trinajstić information content (AvgIpc) is 3.17. The number of nitrogens with two attached hydrogens (primary N) is 2. The van der Waals surface area contributed by atoms with Crippen LogP contribution in [0.2, 0.25) is 0 Å². The van der Waals surface area contributed by atoms with E-state index in [0.717, 1.165) is 16.7 Å². The number of nitrogen functional groups attached to an aromatic ring is 2. The molecule has 11 nitrogen and oxygen atoms in total. The summed E-state index contributed by atoms with van der Waals surface area (Å²) in [6, 6.07) is 6.12. The molecule has 0 aliphatic heterocycles. The van der Waals surface area contributed by atoms with E-state index in [2.05, 4.69) is 13.2 Å². The summed E-state index contributed by atoms with van der Waals surface area (Å²) >= 11 is 0. The molecule has 4 rings (SSSR count). The normalized spacial score (nSPS) is 11.3. The van der Waals surface area contributed by atoms with Crippen LogP contribution in [-0.2, 0) is 25.6 Å². The number of fused-ring (bicyclic) bond motifs is 3. The van der Waals surface area contributed by atoms with Gasteiger partial charge in [0.2, 0.25) is 0 Å². The quantitative estimate of drug-likeness (QED) is 0.106. The molecular weight excluding hydrogens is 494 g/mol. The van der Waals surface area contributed by atoms with Crippen molar-refractivity contribution in [2.24, 2.45) is 5.92 Å². The zero-order valence-corrected chi connectivity index (χ0v) is 20.2. The molecule has 38 heavy (non-hydrogen) atoms. The van der Waals surface area contributed by atoms with Gasteiger partial charge in [-0.25, -0.2) is 9.59 Å². The molecule has 1 aromatic heterocycles. The first-order chi connectivity index (χ1) is 18.1. The van der Waals surface area contributed by atoms with Gasteiger partial charge in [0.1, 0.15) is 0 Å². The van der Waals surface area contributed by atoms with Gasteiger partial charge in [0.05, 0.1) is 46.1 Å². The molecule has 3 aromatic carbocycles. The van der Waals surface area contributed by atoms with Crippen LogP contribution in [0, 0.1) is 5.92 Å². The van der Waals surface area contributed by atoms with E-state index >= 15 is 0 Å². The fraction of sp³-hybridized carbons (Fsp3) is 0.185. The smallest absolute Gasteiger partial charge is 0.330 e. The number of carbonyl (C=O) groups excluding carboxylic acids is 2. The van der Waals surface area contributed by atoms with Gasteiger partial charge in [-0.15, -0.1) is 0 Å². The Bertz CT molecular complexity index is 1730. The van der Waals surface area contributed by atoms with E-state index in [4.69, 9.17) is 20.9 Å². The van der Waals surface area contributed by atoms with Gasteiger partial charge in [-0.1, -0.05) is 37.4 Å². The summed E-state index contributed by atoms with van der Waals surface area (Å²) in [6.07, 6.45) is 2.00. The number of esters is 2. The fourth-order valence-electron chi connectivity index (χ4n) is 4.46. The maximum atomic E-state index is 13.3. The number of carbonyl (C=O) groups is 2. The first-order valence-corrected chi connectivity index (χ1v) is 11.5. The standard InChI is InChI=1S/C27H23N3O8/c1-3-16(31)37-11-13(12-38-17(32)4-2)9-10-30-26(35)20-21(27(30)36)23(29)19-18(22(20)28)24(33)14-7-5-6-8-15(14)25(19)34/h3-8,13H,1-2,9-12,28-29H2. The van der Waals surface area contributed by atoms with Crippen molar-refractivity contribution >= 4 is 55.6 Å². The minimum atomic E-state index is -0.791. The third-order valence-electron chi connectivity index (χ3n) is 6.38. The van der Waals surface area contributed by atoms with E-state index in [-0.39, 0.29) is 69.9 Å². The molecule has 0 spiro atoms. The van der Waals surface area contributed by atoms with Gasteiger partial charge in [0, 0.05) is 35.4 Å². The molecule has 1 heterocycles. The van der Waals surface area contributed by atoms with Crippen molar-refractivity contribution in [1.29, 1.82) is 0 Å². The molecule has 0 bridgehead atoms. The number of hydrogen-bond donors (Lipinski definition) is 2. The number of aromatic nitrogens is 1. The Hall–Kier alpha value is -5.06. The largest absolute Gasteiger partial charge is 0.462 e. The van der Waals surface area contributed by atoms with Crippen molar-refractivity contribution in [2.45, 2.75) is 13.0 Å². The Morgan fingerprint density at radius 1 is 0.789 bits per heavy atom. The molecule has 4 N–H and O–H groups in total. The summed E-state index contributed by atoms with van der Waals surface area (Å²) < 4.78 is 10.9. The first kappa shape index (κ1) is 26.0. The van der Waals surface area contributed by atoms with Crippen LogP contribution in [0.3, 0.4) is 0 Å². The molecule has 194 valence electrons. The summed E-state index contributed by atoms with van der Waals surface area (Å²) in [5.74, 6) is -1.99. The van der Waals surface area contributed by atoms with E-state index in [1.54, 1.807) is 12.1 Å². The van der Waals surface area contributed by atoms with Crippen LogP contribution in [0.1, 0.15) is 6.42 Å². The van der Waals surface area contributed by atoms with E-state index in [1.807, 2.05) is 0 Å². The number of nitrogens with zero attached hydrogens (tertiary/aromatic N) is 1. The third kappa shape index (κ3) is 4.23. The van der Waals surface area contributed by atoms with Gasteiger partial charge in [0.25, 0.3) is 11.1 Å². The summed E-state index contributed by atoms with van der Waals surface area (Å²) in [6.45, 7) is 6.07. The second-order valence-electron chi connectivity index (χ2n) is 8.62. The highest BCUT2D eigenvalue weighted by Gasteiger charge is 2.26. The molecule has 0 aliphatic carbocycles. The van der Waals surface area contributed by atoms with Crippen LogP contribution in [-0.4, -0.2) is 29.7 Å². The molecule has 0 fully saturated rings. The van der Waals surface area contributed by atoms with Crippen molar-refractivity contribution in [3.63, 3.8) is 0 Å². The molecule has 0 radical (unpaired) electrons. The molecule has 0 saturated heterocycles. The number of benzene rings is 3. The second-order valence-corrected chi connectivity index (χ2v) is 8.62. The van der Waals surface area contributed by atoms with Crippen molar-refractivity contribution < 1.29 is 19.1 Å². The molecule has 0 aliphatic rings. The minimum Gasteiger partial charge on any atom is -0.462 e. The predicted molar refractivity (Wildman–Crippen MR) is 144 cm³/mol. The zero-order valence-electron chi connectivity index (χ0n) is 20.2. The Balaban J connectivity index is 1.83. The van der Waals surface area contributed by atoms with Crippen molar-refractivity contribution in [3.8, 4) is 0 Å². The number of hydrogen-bond acceptors (Lipinski definition) is 10. The van der Waals surface area contributed by atoms with Gasteiger partial charge in [-0.3, -0.25) is 23.7 Å². The van der Waals surface area contributed by atoms with Crippen molar-refractivity contribution in [2.75, 3.05) is 24.7 Å². The number of anilines is 2. The molecule has 0 saturated carbocycles. The van der Waals surface area contributed by atoms with Crippen LogP contribution in [0.4, 0.5) is 11.4 Å². The lowest BCUT2D eigenvalue weighted by molar-refractivity contribution is -0.143.